The Hall–Kier alpha value is -2.10. The monoisotopic (exact) mass is 200 g/mol. The second-order valence-electron chi connectivity index (χ2n) is 3.27. The van der Waals surface area contributed by atoms with Crippen molar-refractivity contribution in [2.45, 2.75) is 6.92 Å². The van der Waals surface area contributed by atoms with Crippen LogP contribution in [0.4, 0.5) is 17.3 Å². The largest absolute Gasteiger partial charge is 0.398 e. The lowest BCUT2D eigenvalue weighted by atomic mass is 10.2. The van der Waals surface area contributed by atoms with Crippen molar-refractivity contribution in [2.75, 3.05) is 11.1 Å². The molecule has 3 N–H and O–H groups in total. The number of hydrogen-bond acceptors (Lipinski definition) is 4. The Morgan fingerprint density at radius 2 is 1.93 bits per heavy atom. The number of nitrogens with zero attached hydrogens (tertiary/aromatic N) is 2. The van der Waals surface area contributed by atoms with Crippen molar-refractivity contribution in [3.05, 3.63) is 42.2 Å². The molecule has 0 amide bonds. The van der Waals surface area contributed by atoms with Crippen LogP contribution in [-0.2, 0) is 0 Å². The highest BCUT2D eigenvalue weighted by Crippen LogP contribution is 2.18. The van der Waals surface area contributed by atoms with Crippen molar-refractivity contribution >= 4 is 17.3 Å². The van der Waals surface area contributed by atoms with Gasteiger partial charge in [-0.05, 0) is 30.7 Å². The van der Waals surface area contributed by atoms with E-state index in [1.54, 1.807) is 18.5 Å². The Balaban J connectivity index is 2.22. The molecule has 76 valence electrons. The van der Waals surface area contributed by atoms with Crippen molar-refractivity contribution in [1.82, 2.24) is 9.97 Å². The van der Waals surface area contributed by atoms with Crippen LogP contribution in [0.2, 0.25) is 0 Å². The quantitative estimate of drug-likeness (QED) is 0.729. The summed E-state index contributed by atoms with van der Waals surface area (Å²) < 4.78 is 0. The number of aryl methyl sites for hydroxylation is 1. The van der Waals surface area contributed by atoms with E-state index in [1.807, 2.05) is 25.1 Å². The third-order valence-electron chi connectivity index (χ3n) is 2.10. The molecule has 0 saturated heterocycles. The van der Waals surface area contributed by atoms with Crippen LogP contribution < -0.4 is 11.1 Å². The number of hydrogen-bond donors (Lipinski definition) is 2. The molecule has 1 heterocycles. The van der Waals surface area contributed by atoms with Gasteiger partial charge in [-0.1, -0.05) is 6.07 Å². The van der Waals surface area contributed by atoms with Crippen molar-refractivity contribution < 1.29 is 0 Å². The molecule has 2 aromatic rings. The van der Waals surface area contributed by atoms with Gasteiger partial charge in [0.2, 0.25) is 5.95 Å². The molecular formula is C11H12N4. The topological polar surface area (TPSA) is 63.8 Å². The van der Waals surface area contributed by atoms with E-state index in [4.69, 9.17) is 5.73 Å². The van der Waals surface area contributed by atoms with Crippen LogP contribution in [0.5, 0.6) is 0 Å². The fraction of sp³-hybridized carbons (Fsp3) is 0.0909. The first-order chi connectivity index (χ1) is 7.25. The molecular weight excluding hydrogens is 188 g/mol. The molecule has 0 unspecified atom stereocenters. The smallest absolute Gasteiger partial charge is 0.227 e. The van der Waals surface area contributed by atoms with Crippen molar-refractivity contribution in [2.24, 2.45) is 0 Å². The lowest BCUT2D eigenvalue weighted by molar-refractivity contribution is 1.17. The Labute approximate surface area is 88.2 Å². The highest BCUT2D eigenvalue weighted by molar-refractivity contribution is 5.62. The van der Waals surface area contributed by atoms with Gasteiger partial charge in [0.05, 0.1) is 0 Å². The second-order valence-corrected chi connectivity index (χ2v) is 3.27. The molecule has 0 fully saturated rings. The first-order valence-corrected chi connectivity index (χ1v) is 4.66. The molecule has 0 atom stereocenters. The minimum Gasteiger partial charge on any atom is -0.398 e. The van der Waals surface area contributed by atoms with Crippen LogP contribution >= 0.6 is 0 Å². The number of rotatable bonds is 2. The minimum absolute atomic E-state index is 0.570. The van der Waals surface area contributed by atoms with Crippen LogP contribution in [-0.4, -0.2) is 9.97 Å². The Morgan fingerprint density at radius 1 is 1.20 bits per heavy atom. The van der Waals surface area contributed by atoms with Gasteiger partial charge >= 0.3 is 0 Å². The molecule has 0 saturated carbocycles. The van der Waals surface area contributed by atoms with Crippen LogP contribution in [0.1, 0.15) is 5.56 Å². The summed E-state index contributed by atoms with van der Waals surface area (Å²) in [6.45, 7) is 1.97. The Bertz CT molecular complexity index is 453. The summed E-state index contributed by atoms with van der Waals surface area (Å²) in [6, 6.07) is 7.54. The molecule has 0 spiro atoms. The highest BCUT2D eigenvalue weighted by atomic mass is 15.1. The molecule has 1 aromatic heterocycles. The van der Waals surface area contributed by atoms with E-state index in [1.165, 1.54) is 0 Å². The fourth-order valence-corrected chi connectivity index (χ4v) is 1.21. The standard InChI is InChI=1S/C11H12N4/c1-8-3-4-9(7-10(8)12)15-11-13-5-2-6-14-11/h2-7H,12H2,1H3,(H,13,14,15). The molecule has 4 nitrogen and oxygen atoms in total. The Morgan fingerprint density at radius 3 is 2.60 bits per heavy atom. The maximum atomic E-state index is 5.79. The predicted octanol–water partition coefficient (Wildman–Crippen LogP) is 2.11. The van der Waals surface area contributed by atoms with Crippen molar-refractivity contribution in [1.29, 1.82) is 0 Å². The summed E-state index contributed by atoms with van der Waals surface area (Å²) in [6.07, 6.45) is 3.37. The number of anilines is 3. The molecule has 0 bridgehead atoms. The van der Waals surface area contributed by atoms with Gasteiger partial charge < -0.3 is 11.1 Å². The number of nitrogens with one attached hydrogen (secondary N) is 1. The van der Waals surface area contributed by atoms with E-state index in [-0.39, 0.29) is 0 Å². The van der Waals surface area contributed by atoms with E-state index in [9.17, 15) is 0 Å². The van der Waals surface area contributed by atoms with Crippen molar-refractivity contribution in [3.8, 4) is 0 Å². The van der Waals surface area contributed by atoms with Gasteiger partial charge in [0.25, 0.3) is 0 Å². The summed E-state index contributed by atoms with van der Waals surface area (Å²) in [4.78, 5) is 8.13. The lowest BCUT2D eigenvalue weighted by Gasteiger charge is -2.06. The predicted molar refractivity (Wildman–Crippen MR) is 60.9 cm³/mol. The highest BCUT2D eigenvalue weighted by Gasteiger charge is 1.98. The normalized spacial score (nSPS) is 9.93. The molecule has 0 aliphatic carbocycles. The van der Waals surface area contributed by atoms with E-state index in [0.717, 1.165) is 16.9 Å². The van der Waals surface area contributed by atoms with Gasteiger partial charge in [-0.2, -0.15) is 0 Å². The lowest BCUT2D eigenvalue weighted by Crippen LogP contribution is -1.97. The third-order valence-corrected chi connectivity index (χ3v) is 2.10. The van der Waals surface area contributed by atoms with Crippen molar-refractivity contribution in [3.63, 3.8) is 0 Å². The summed E-state index contributed by atoms with van der Waals surface area (Å²) in [7, 11) is 0. The number of aromatic nitrogens is 2. The minimum atomic E-state index is 0.570. The van der Waals surface area contributed by atoms with E-state index >= 15 is 0 Å². The van der Waals surface area contributed by atoms with Gasteiger partial charge in [-0.25, -0.2) is 9.97 Å². The zero-order chi connectivity index (χ0) is 10.7. The number of nitrogen functional groups attached to an aromatic ring is 1. The first kappa shape index (κ1) is 9.45. The number of nitrogens with two attached hydrogens (primary N) is 1. The summed E-state index contributed by atoms with van der Waals surface area (Å²) in [5, 5.41) is 3.07. The molecule has 15 heavy (non-hydrogen) atoms. The van der Waals surface area contributed by atoms with Crippen LogP contribution in [0.3, 0.4) is 0 Å². The van der Waals surface area contributed by atoms with Gasteiger partial charge in [-0.3, -0.25) is 0 Å². The van der Waals surface area contributed by atoms with Gasteiger partial charge in [0, 0.05) is 23.8 Å². The van der Waals surface area contributed by atoms with Crippen LogP contribution in [0.25, 0.3) is 0 Å². The van der Waals surface area contributed by atoms with Gasteiger partial charge in [0.1, 0.15) is 0 Å². The zero-order valence-corrected chi connectivity index (χ0v) is 8.44. The molecule has 0 radical (unpaired) electrons. The SMILES string of the molecule is Cc1ccc(Nc2ncccn2)cc1N. The number of benzene rings is 1. The second kappa shape index (κ2) is 3.96. The van der Waals surface area contributed by atoms with Crippen LogP contribution in [0, 0.1) is 6.92 Å². The molecule has 0 aliphatic heterocycles. The van der Waals surface area contributed by atoms with Gasteiger partial charge in [0.15, 0.2) is 0 Å². The van der Waals surface area contributed by atoms with Crippen LogP contribution in [0.15, 0.2) is 36.7 Å². The summed E-state index contributed by atoms with van der Waals surface area (Å²) in [5.74, 6) is 0.570. The van der Waals surface area contributed by atoms with E-state index in [2.05, 4.69) is 15.3 Å². The van der Waals surface area contributed by atoms with Gasteiger partial charge in [-0.15, -0.1) is 0 Å². The maximum absolute atomic E-state index is 5.79. The molecule has 2 rings (SSSR count). The first-order valence-electron chi connectivity index (χ1n) is 4.66. The molecule has 1 aromatic carbocycles. The molecule has 4 heteroatoms. The summed E-state index contributed by atoms with van der Waals surface area (Å²) in [5.41, 5.74) is 8.51. The Kier molecular flexibility index (Phi) is 2.49. The molecule has 0 aliphatic rings. The van der Waals surface area contributed by atoms with E-state index < -0.39 is 0 Å². The average Bonchev–Trinajstić information content (AvgIpc) is 2.25. The fourth-order valence-electron chi connectivity index (χ4n) is 1.21. The third kappa shape index (κ3) is 2.22. The maximum Gasteiger partial charge on any atom is 0.227 e. The summed E-state index contributed by atoms with van der Waals surface area (Å²) >= 11 is 0. The average molecular weight is 200 g/mol. The zero-order valence-electron chi connectivity index (χ0n) is 8.44. The van der Waals surface area contributed by atoms with E-state index in [0.29, 0.717) is 5.95 Å².